The number of nitrogens with one attached hydrogen (secondary N) is 2. The largest absolute Gasteiger partial charge is 0.395 e. The fraction of sp³-hybridized carbons (Fsp3) is 0.600. The van der Waals surface area contributed by atoms with Crippen molar-refractivity contribution in [1.29, 1.82) is 0 Å². The topological polar surface area (TPSA) is 96.1 Å². The number of nitrogens with zero attached hydrogens (tertiary/aromatic N) is 2. The summed E-state index contributed by atoms with van der Waals surface area (Å²) in [6.45, 7) is 2.11. The number of aliphatic hydroxyl groups excluding tert-OH is 1. The van der Waals surface area contributed by atoms with Crippen LogP contribution in [0.3, 0.4) is 0 Å². The molecule has 0 fully saturated rings. The summed E-state index contributed by atoms with van der Waals surface area (Å²) in [4.78, 5) is 8.10. The molecule has 1 aromatic heterocycles. The van der Waals surface area contributed by atoms with Crippen molar-refractivity contribution in [2.75, 3.05) is 36.3 Å². The molecular formula is C10H19N5OS. The number of rotatable bonds is 6. The SMILES string of the molecule is CNc1cc(NC(C)C(CO)SC)nc(N)n1. The molecule has 0 amide bonds. The van der Waals surface area contributed by atoms with Gasteiger partial charge >= 0.3 is 0 Å². The van der Waals surface area contributed by atoms with Gasteiger partial charge in [0.2, 0.25) is 5.95 Å². The van der Waals surface area contributed by atoms with E-state index < -0.39 is 0 Å². The molecule has 0 aliphatic carbocycles. The lowest BCUT2D eigenvalue weighted by Gasteiger charge is -2.22. The van der Waals surface area contributed by atoms with Crippen LogP contribution >= 0.6 is 11.8 Å². The molecule has 0 saturated carbocycles. The summed E-state index contributed by atoms with van der Waals surface area (Å²) < 4.78 is 0. The van der Waals surface area contributed by atoms with E-state index in [0.29, 0.717) is 11.6 Å². The lowest BCUT2D eigenvalue weighted by atomic mass is 10.2. The van der Waals surface area contributed by atoms with Gasteiger partial charge in [-0.1, -0.05) is 0 Å². The molecule has 2 atom stereocenters. The normalized spacial score (nSPS) is 14.1. The van der Waals surface area contributed by atoms with Gasteiger partial charge in [-0.25, -0.2) is 0 Å². The van der Waals surface area contributed by atoms with Crippen LogP contribution in [0, 0.1) is 0 Å². The van der Waals surface area contributed by atoms with Gasteiger partial charge < -0.3 is 21.5 Å². The molecule has 0 aliphatic rings. The van der Waals surface area contributed by atoms with Crippen LogP contribution in [0.25, 0.3) is 0 Å². The first-order chi connectivity index (χ1) is 8.10. The molecule has 1 aromatic rings. The third kappa shape index (κ3) is 3.94. The summed E-state index contributed by atoms with van der Waals surface area (Å²) in [5, 5.41) is 15.4. The first kappa shape index (κ1) is 13.9. The van der Waals surface area contributed by atoms with Gasteiger partial charge in [0.15, 0.2) is 0 Å². The molecule has 96 valence electrons. The third-order valence-electron chi connectivity index (χ3n) is 2.42. The third-order valence-corrected chi connectivity index (χ3v) is 3.58. The molecule has 17 heavy (non-hydrogen) atoms. The van der Waals surface area contributed by atoms with E-state index in [2.05, 4.69) is 20.6 Å². The Morgan fingerprint density at radius 3 is 2.65 bits per heavy atom. The molecule has 0 spiro atoms. The molecule has 1 heterocycles. The Morgan fingerprint density at radius 2 is 2.12 bits per heavy atom. The Labute approximate surface area is 105 Å². The van der Waals surface area contributed by atoms with Crippen molar-refractivity contribution in [3.8, 4) is 0 Å². The monoisotopic (exact) mass is 257 g/mol. The van der Waals surface area contributed by atoms with E-state index in [1.165, 1.54) is 0 Å². The highest BCUT2D eigenvalue weighted by Crippen LogP contribution is 2.17. The Morgan fingerprint density at radius 1 is 1.47 bits per heavy atom. The maximum atomic E-state index is 9.20. The summed E-state index contributed by atoms with van der Waals surface area (Å²) in [6, 6.07) is 1.87. The summed E-state index contributed by atoms with van der Waals surface area (Å²) >= 11 is 1.61. The summed E-state index contributed by atoms with van der Waals surface area (Å²) in [5.74, 6) is 1.54. The fourth-order valence-electron chi connectivity index (χ4n) is 1.43. The van der Waals surface area contributed by atoms with E-state index in [1.54, 1.807) is 24.9 Å². The van der Waals surface area contributed by atoms with Gasteiger partial charge in [0.25, 0.3) is 0 Å². The van der Waals surface area contributed by atoms with E-state index in [1.807, 2.05) is 13.2 Å². The van der Waals surface area contributed by atoms with Crippen LogP contribution in [0.15, 0.2) is 6.07 Å². The number of aliphatic hydroxyl groups is 1. The number of hydrogen-bond acceptors (Lipinski definition) is 7. The zero-order valence-electron chi connectivity index (χ0n) is 10.3. The van der Waals surface area contributed by atoms with Gasteiger partial charge in [0, 0.05) is 24.4 Å². The van der Waals surface area contributed by atoms with Crippen molar-refractivity contribution in [2.24, 2.45) is 0 Å². The van der Waals surface area contributed by atoms with Crippen LogP contribution in [-0.2, 0) is 0 Å². The number of anilines is 3. The fourth-order valence-corrected chi connectivity index (χ4v) is 2.06. The predicted molar refractivity (Wildman–Crippen MR) is 73.5 cm³/mol. The van der Waals surface area contributed by atoms with Gasteiger partial charge in [-0.05, 0) is 13.2 Å². The average Bonchev–Trinajstić information content (AvgIpc) is 2.29. The highest BCUT2D eigenvalue weighted by Gasteiger charge is 2.15. The minimum absolute atomic E-state index is 0.0917. The average molecular weight is 257 g/mol. The highest BCUT2D eigenvalue weighted by atomic mass is 32.2. The van der Waals surface area contributed by atoms with Gasteiger partial charge in [-0.2, -0.15) is 21.7 Å². The van der Waals surface area contributed by atoms with Gasteiger partial charge in [-0.15, -0.1) is 0 Å². The number of aromatic nitrogens is 2. The lowest BCUT2D eigenvalue weighted by Crippen LogP contribution is -2.31. The molecule has 5 N–H and O–H groups in total. The number of thioether (sulfide) groups is 1. The van der Waals surface area contributed by atoms with Gasteiger partial charge in [-0.3, -0.25) is 0 Å². The Bertz CT molecular complexity index is 359. The van der Waals surface area contributed by atoms with Crippen molar-refractivity contribution < 1.29 is 5.11 Å². The molecule has 2 unspecified atom stereocenters. The standard InChI is InChI=1S/C10H19N5OS/c1-6(7(5-16)17-3)13-9-4-8(12-2)14-10(11)15-9/h4,6-7,16H,5H2,1-3H3,(H4,11,12,13,14,15). The molecule has 0 aromatic carbocycles. The van der Waals surface area contributed by atoms with Crippen molar-refractivity contribution in [2.45, 2.75) is 18.2 Å². The van der Waals surface area contributed by atoms with Crippen molar-refractivity contribution in [3.05, 3.63) is 6.07 Å². The van der Waals surface area contributed by atoms with E-state index in [-0.39, 0.29) is 23.8 Å². The van der Waals surface area contributed by atoms with E-state index in [0.717, 1.165) is 0 Å². The number of hydrogen-bond donors (Lipinski definition) is 4. The van der Waals surface area contributed by atoms with Crippen LogP contribution in [0.2, 0.25) is 0 Å². The lowest BCUT2D eigenvalue weighted by molar-refractivity contribution is 0.288. The van der Waals surface area contributed by atoms with Crippen LogP contribution in [0.1, 0.15) is 6.92 Å². The molecule has 0 aliphatic heterocycles. The first-order valence-electron chi connectivity index (χ1n) is 5.33. The predicted octanol–water partition coefficient (Wildman–Crippen LogP) is 0.625. The second-order valence-electron chi connectivity index (χ2n) is 3.64. The quantitative estimate of drug-likeness (QED) is 0.593. The molecular weight excluding hydrogens is 238 g/mol. The maximum Gasteiger partial charge on any atom is 0.223 e. The van der Waals surface area contributed by atoms with Gasteiger partial charge in [0.05, 0.1) is 6.61 Å². The smallest absolute Gasteiger partial charge is 0.223 e. The highest BCUT2D eigenvalue weighted by molar-refractivity contribution is 7.99. The Balaban J connectivity index is 2.76. The van der Waals surface area contributed by atoms with Crippen LogP contribution < -0.4 is 16.4 Å². The molecule has 0 saturated heterocycles. The summed E-state index contributed by atoms with van der Waals surface area (Å²) in [6.07, 6.45) is 1.96. The zero-order valence-corrected chi connectivity index (χ0v) is 11.1. The van der Waals surface area contributed by atoms with Crippen LogP contribution in [0.4, 0.5) is 17.6 Å². The second kappa shape index (κ2) is 6.51. The molecule has 6 nitrogen and oxygen atoms in total. The minimum Gasteiger partial charge on any atom is -0.395 e. The van der Waals surface area contributed by atoms with Crippen LogP contribution in [0.5, 0.6) is 0 Å². The molecule has 1 rings (SSSR count). The first-order valence-corrected chi connectivity index (χ1v) is 6.62. The van der Waals surface area contributed by atoms with E-state index in [9.17, 15) is 5.11 Å². The van der Waals surface area contributed by atoms with Crippen LogP contribution in [-0.4, -0.2) is 46.3 Å². The summed E-state index contributed by atoms with van der Waals surface area (Å²) in [5.41, 5.74) is 5.60. The minimum atomic E-state index is 0.0917. The van der Waals surface area contributed by atoms with Gasteiger partial charge in [0.1, 0.15) is 11.6 Å². The zero-order chi connectivity index (χ0) is 12.8. The van der Waals surface area contributed by atoms with Crippen molar-refractivity contribution in [3.63, 3.8) is 0 Å². The van der Waals surface area contributed by atoms with E-state index >= 15 is 0 Å². The number of nitrogen functional groups attached to an aromatic ring is 1. The molecule has 0 bridgehead atoms. The number of nitrogens with two attached hydrogens (primary N) is 1. The summed E-state index contributed by atoms with van der Waals surface area (Å²) in [7, 11) is 1.77. The van der Waals surface area contributed by atoms with Crippen molar-refractivity contribution in [1.82, 2.24) is 9.97 Å². The Kier molecular flexibility index (Phi) is 5.30. The Hall–Kier alpha value is -1.21. The maximum absolute atomic E-state index is 9.20. The van der Waals surface area contributed by atoms with Crippen molar-refractivity contribution >= 4 is 29.3 Å². The second-order valence-corrected chi connectivity index (χ2v) is 4.71. The van der Waals surface area contributed by atoms with E-state index in [4.69, 9.17) is 5.73 Å². The molecule has 7 heteroatoms. The molecule has 0 radical (unpaired) electrons.